The van der Waals surface area contributed by atoms with Gasteiger partial charge in [0.15, 0.2) is 5.76 Å². The lowest BCUT2D eigenvalue weighted by atomic mass is 10.1. The molecular weight excluding hydrogens is 356 g/mol. The summed E-state index contributed by atoms with van der Waals surface area (Å²) in [5, 5.41) is 13.8. The van der Waals surface area contributed by atoms with Crippen LogP contribution in [0.1, 0.15) is 43.0 Å². The lowest BCUT2D eigenvalue weighted by molar-refractivity contribution is -0.121. The Balaban J connectivity index is 1.48. The van der Waals surface area contributed by atoms with Gasteiger partial charge in [-0.15, -0.1) is 0 Å². The molecule has 3 aromatic rings. The van der Waals surface area contributed by atoms with Crippen molar-refractivity contribution in [3.05, 3.63) is 59.8 Å². The molecule has 1 fully saturated rings. The minimum Gasteiger partial charge on any atom is -0.385 e. The molecule has 28 heavy (non-hydrogen) atoms. The van der Waals surface area contributed by atoms with Crippen LogP contribution in [0.25, 0.3) is 11.3 Å². The molecule has 1 atom stereocenters. The van der Waals surface area contributed by atoms with Crippen LogP contribution >= 0.6 is 0 Å². The highest BCUT2D eigenvalue weighted by Gasteiger charge is 2.47. The summed E-state index contributed by atoms with van der Waals surface area (Å²) in [6.07, 6.45) is 4.26. The van der Waals surface area contributed by atoms with Gasteiger partial charge in [0.05, 0.1) is 6.54 Å². The molecule has 2 heterocycles. The maximum atomic E-state index is 11.4. The van der Waals surface area contributed by atoms with Crippen LogP contribution in [0.2, 0.25) is 0 Å². The van der Waals surface area contributed by atoms with Crippen molar-refractivity contribution < 1.29 is 14.4 Å². The van der Waals surface area contributed by atoms with Gasteiger partial charge in [-0.25, -0.2) is 4.98 Å². The number of benzene rings is 1. The largest absolute Gasteiger partial charge is 0.385 e. The number of aliphatic hydroxyl groups excluding tert-OH is 1. The Labute approximate surface area is 162 Å². The van der Waals surface area contributed by atoms with Crippen LogP contribution in [-0.2, 0) is 11.3 Å². The third-order valence-corrected chi connectivity index (χ3v) is 4.85. The second kappa shape index (κ2) is 6.98. The van der Waals surface area contributed by atoms with Crippen molar-refractivity contribution in [3.63, 3.8) is 0 Å². The number of hydrogen-bond donors (Lipinski definition) is 2. The van der Waals surface area contributed by atoms with Crippen molar-refractivity contribution in [1.29, 1.82) is 0 Å². The van der Waals surface area contributed by atoms with Crippen molar-refractivity contribution >= 4 is 5.91 Å². The number of imidazole rings is 1. The molecule has 1 amide bonds. The van der Waals surface area contributed by atoms with Crippen LogP contribution in [0.15, 0.2) is 47.2 Å². The van der Waals surface area contributed by atoms with Gasteiger partial charge in [0.1, 0.15) is 23.0 Å². The van der Waals surface area contributed by atoms with E-state index in [1.807, 2.05) is 34.9 Å². The minimum absolute atomic E-state index is 0.345. The maximum Gasteiger partial charge on any atom is 0.235 e. The molecule has 0 spiro atoms. The Morgan fingerprint density at radius 3 is 2.79 bits per heavy atom. The zero-order valence-electron chi connectivity index (χ0n) is 15.4. The third-order valence-electron chi connectivity index (χ3n) is 4.85. The number of primary amides is 1. The van der Waals surface area contributed by atoms with Crippen LogP contribution in [0, 0.1) is 17.3 Å². The number of amides is 1. The molecule has 1 aromatic carbocycles. The number of aliphatic hydroxyl groups is 1. The molecule has 0 unspecified atom stereocenters. The molecule has 0 bridgehead atoms. The summed E-state index contributed by atoms with van der Waals surface area (Å²) in [5.74, 6) is 6.91. The predicted octanol–water partition coefficient (Wildman–Crippen LogP) is 2.26. The van der Waals surface area contributed by atoms with Crippen molar-refractivity contribution in [3.8, 4) is 23.2 Å². The number of aromatic nitrogens is 3. The highest BCUT2D eigenvalue weighted by molar-refractivity contribution is 5.87. The molecule has 1 aliphatic rings. The molecule has 1 aliphatic carbocycles. The summed E-state index contributed by atoms with van der Waals surface area (Å²) >= 11 is 0. The first kappa shape index (κ1) is 18.0. The van der Waals surface area contributed by atoms with E-state index in [2.05, 4.69) is 22.0 Å². The standard InChI is InChI=1S/C21H20N4O3/c1-14(26)19-23-10-11-25(19)13-17-12-18(28-24-17)16-4-2-15(3-5-16)6-7-21(8-9-21)20(22)27/h2-5,10-12,14,26H,8-9,13H2,1H3,(H2,22,27)/t14-/m0/s1. The van der Waals surface area contributed by atoms with Crippen LogP contribution in [0.5, 0.6) is 0 Å². The predicted molar refractivity (Wildman–Crippen MR) is 102 cm³/mol. The summed E-state index contributed by atoms with van der Waals surface area (Å²) in [4.78, 5) is 15.5. The van der Waals surface area contributed by atoms with E-state index < -0.39 is 11.5 Å². The zero-order valence-corrected chi connectivity index (χ0v) is 15.4. The Morgan fingerprint density at radius 1 is 1.39 bits per heavy atom. The fourth-order valence-corrected chi connectivity index (χ4v) is 2.99. The van der Waals surface area contributed by atoms with Gasteiger partial charge in [-0.2, -0.15) is 0 Å². The normalized spacial score (nSPS) is 15.5. The number of carbonyl (C=O) groups excluding carboxylic acids is 1. The van der Waals surface area contributed by atoms with Gasteiger partial charge in [-0.3, -0.25) is 4.79 Å². The Bertz CT molecular complexity index is 1060. The lowest BCUT2D eigenvalue weighted by Gasteiger charge is -2.07. The average molecular weight is 376 g/mol. The summed E-state index contributed by atoms with van der Waals surface area (Å²) < 4.78 is 7.28. The van der Waals surface area contributed by atoms with Gasteiger partial charge in [-0.05, 0) is 44.0 Å². The topological polar surface area (TPSA) is 107 Å². The van der Waals surface area contributed by atoms with Crippen molar-refractivity contribution in [1.82, 2.24) is 14.7 Å². The summed E-state index contributed by atoms with van der Waals surface area (Å²) in [6, 6.07) is 9.41. The van der Waals surface area contributed by atoms with Crippen LogP contribution in [0.4, 0.5) is 0 Å². The van der Waals surface area contributed by atoms with E-state index in [1.54, 1.807) is 19.3 Å². The van der Waals surface area contributed by atoms with E-state index >= 15 is 0 Å². The van der Waals surface area contributed by atoms with Crippen molar-refractivity contribution in [2.75, 3.05) is 0 Å². The molecule has 0 saturated heterocycles. The minimum atomic E-state index is -0.653. The fraction of sp³-hybridized carbons (Fsp3) is 0.286. The number of rotatable bonds is 5. The molecular formula is C21H20N4O3. The fourth-order valence-electron chi connectivity index (χ4n) is 2.99. The molecule has 0 radical (unpaired) electrons. The Kier molecular flexibility index (Phi) is 4.49. The van der Waals surface area contributed by atoms with Gasteiger partial charge in [0, 0.05) is 29.6 Å². The number of hydrogen-bond acceptors (Lipinski definition) is 5. The summed E-state index contributed by atoms with van der Waals surface area (Å²) in [5.41, 5.74) is 7.19. The highest BCUT2D eigenvalue weighted by atomic mass is 16.5. The quantitative estimate of drug-likeness (QED) is 0.664. The van der Waals surface area contributed by atoms with Gasteiger partial charge >= 0.3 is 0 Å². The number of nitrogens with two attached hydrogens (primary N) is 1. The van der Waals surface area contributed by atoms with Crippen LogP contribution in [-0.4, -0.2) is 25.7 Å². The maximum absolute atomic E-state index is 11.4. The van der Waals surface area contributed by atoms with Gasteiger partial charge < -0.3 is 19.9 Å². The van der Waals surface area contributed by atoms with E-state index in [0.29, 0.717) is 18.1 Å². The first-order valence-corrected chi connectivity index (χ1v) is 9.05. The average Bonchev–Trinajstić information content (AvgIpc) is 3.10. The van der Waals surface area contributed by atoms with E-state index in [-0.39, 0.29) is 5.91 Å². The lowest BCUT2D eigenvalue weighted by Crippen LogP contribution is -2.23. The van der Waals surface area contributed by atoms with Gasteiger partial charge in [0.2, 0.25) is 5.91 Å². The van der Waals surface area contributed by atoms with Gasteiger partial charge in [-0.1, -0.05) is 17.0 Å². The van der Waals surface area contributed by atoms with Crippen molar-refractivity contribution in [2.24, 2.45) is 11.1 Å². The summed E-state index contributed by atoms with van der Waals surface area (Å²) in [7, 11) is 0. The molecule has 142 valence electrons. The monoisotopic (exact) mass is 376 g/mol. The summed E-state index contributed by atoms with van der Waals surface area (Å²) in [6.45, 7) is 2.13. The van der Waals surface area contributed by atoms with Crippen molar-refractivity contribution in [2.45, 2.75) is 32.4 Å². The van der Waals surface area contributed by atoms with E-state index in [1.165, 1.54) is 0 Å². The highest BCUT2D eigenvalue weighted by Crippen LogP contribution is 2.44. The van der Waals surface area contributed by atoms with E-state index in [9.17, 15) is 9.90 Å². The molecule has 3 N–H and O–H groups in total. The van der Waals surface area contributed by atoms with E-state index in [0.717, 1.165) is 29.7 Å². The first-order chi connectivity index (χ1) is 13.5. The molecule has 1 saturated carbocycles. The molecule has 2 aromatic heterocycles. The smallest absolute Gasteiger partial charge is 0.235 e. The molecule has 0 aliphatic heterocycles. The second-order valence-corrected chi connectivity index (χ2v) is 7.05. The number of nitrogens with zero attached hydrogens (tertiary/aromatic N) is 3. The first-order valence-electron chi connectivity index (χ1n) is 9.05. The third kappa shape index (κ3) is 3.55. The molecule has 7 heteroatoms. The SMILES string of the molecule is C[C@H](O)c1nccn1Cc1cc(-c2ccc(C#CC3(C(N)=O)CC3)cc2)on1. The zero-order chi connectivity index (χ0) is 19.7. The second-order valence-electron chi connectivity index (χ2n) is 7.05. The van der Waals surface area contributed by atoms with Crippen LogP contribution in [0.3, 0.4) is 0 Å². The Morgan fingerprint density at radius 2 is 2.14 bits per heavy atom. The Hall–Kier alpha value is -3.37. The molecule has 7 nitrogen and oxygen atoms in total. The molecule has 4 rings (SSSR count). The number of carbonyl (C=O) groups is 1. The van der Waals surface area contributed by atoms with Crippen LogP contribution < -0.4 is 5.73 Å². The van der Waals surface area contributed by atoms with E-state index in [4.69, 9.17) is 10.3 Å². The van der Waals surface area contributed by atoms with Gasteiger partial charge in [0.25, 0.3) is 0 Å².